The number of nitrogens with zero attached hydrogens (tertiary/aromatic N) is 1. The summed E-state index contributed by atoms with van der Waals surface area (Å²) in [5.74, 6) is 0. The lowest BCUT2D eigenvalue weighted by Gasteiger charge is -2.16. The number of hydrogen-bond acceptors (Lipinski definition) is 5. The molecule has 0 saturated carbocycles. The maximum atomic E-state index is 11.1. The predicted molar refractivity (Wildman–Crippen MR) is 60.0 cm³/mol. The zero-order chi connectivity index (χ0) is 11.4. The third-order valence-corrected chi connectivity index (χ3v) is 3.18. The fourth-order valence-corrected chi connectivity index (χ4v) is 1.99. The minimum atomic E-state index is -0.189. The number of aliphatic hydroxyl groups excluding tert-OH is 1. The molecule has 1 aromatic heterocycles. The molecule has 0 bridgehead atoms. The fraction of sp³-hybridized carbons (Fsp3) is 0.556. The van der Waals surface area contributed by atoms with Crippen LogP contribution in [0.5, 0.6) is 0 Å². The smallest absolute Gasteiger partial charge is 0.251 e. The number of nitrogens with two attached hydrogens (primary N) is 1. The van der Waals surface area contributed by atoms with Crippen LogP contribution < -0.4 is 11.3 Å². The average Bonchev–Trinajstić information content (AvgIpc) is 2.12. The molecule has 2 atom stereocenters. The highest BCUT2D eigenvalue weighted by Gasteiger charge is 2.15. The Bertz CT molecular complexity index is 378. The van der Waals surface area contributed by atoms with Gasteiger partial charge in [-0.15, -0.1) is 0 Å². The van der Waals surface area contributed by atoms with E-state index in [4.69, 9.17) is 10.8 Å². The van der Waals surface area contributed by atoms with Crippen LogP contribution in [0.3, 0.4) is 0 Å². The quantitative estimate of drug-likeness (QED) is 0.494. The van der Waals surface area contributed by atoms with E-state index in [0.29, 0.717) is 10.9 Å². The highest BCUT2D eigenvalue weighted by atomic mass is 32.2. The Morgan fingerprint density at radius 1 is 1.73 bits per heavy atom. The van der Waals surface area contributed by atoms with Gasteiger partial charge in [-0.25, -0.2) is 4.98 Å². The van der Waals surface area contributed by atoms with E-state index >= 15 is 0 Å². The number of aromatic amines is 1. The lowest BCUT2D eigenvalue weighted by atomic mass is 10.3. The van der Waals surface area contributed by atoms with Crippen molar-refractivity contribution in [1.29, 1.82) is 0 Å². The van der Waals surface area contributed by atoms with E-state index in [2.05, 4.69) is 9.97 Å². The molecule has 0 aliphatic heterocycles. The van der Waals surface area contributed by atoms with Crippen LogP contribution in [0.1, 0.15) is 12.6 Å². The van der Waals surface area contributed by atoms with Gasteiger partial charge >= 0.3 is 0 Å². The Hall–Kier alpha value is -0.850. The minimum absolute atomic E-state index is 0.0417. The predicted octanol–water partition coefficient (Wildman–Crippen LogP) is -0.121. The summed E-state index contributed by atoms with van der Waals surface area (Å²) < 4.78 is 0. The molecule has 0 saturated heterocycles. The molecule has 1 rings (SSSR count). The zero-order valence-electron chi connectivity index (χ0n) is 8.73. The number of nitrogens with one attached hydrogen (secondary N) is 1. The number of thioether (sulfide) groups is 1. The van der Waals surface area contributed by atoms with Gasteiger partial charge in [-0.2, -0.15) is 0 Å². The number of aryl methyl sites for hydroxylation is 1. The molecule has 5 nitrogen and oxygen atoms in total. The molecular weight excluding hydrogens is 214 g/mol. The standard InChI is InChI=1S/C9H15N3O2S/c1-5-3-8(14)12-9(11-5)15-7(4-13)6(2)10/h3,6-7,13H,4,10H2,1-2H3,(H,11,12,14). The van der Waals surface area contributed by atoms with Gasteiger partial charge in [-0.1, -0.05) is 11.8 Å². The number of aliphatic hydroxyl groups is 1. The number of hydrogen-bond donors (Lipinski definition) is 3. The molecule has 4 N–H and O–H groups in total. The maximum absolute atomic E-state index is 11.1. The molecule has 0 aromatic carbocycles. The van der Waals surface area contributed by atoms with Gasteiger partial charge in [0.2, 0.25) is 0 Å². The van der Waals surface area contributed by atoms with Gasteiger partial charge in [0, 0.05) is 17.8 Å². The van der Waals surface area contributed by atoms with E-state index < -0.39 is 0 Å². The topological polar surface area (TPSA) is 92.0 Å². The molecule has 15 heavy (non-hydrogen) atoms. The monoisotopic (exact) mass is 229 g/mol. The molecule has 0 aliphatic rings. The van der Waals surface area contributed by atoms with Crippen molar-refractivity contribution in [3.8, 4) is 0 Å². The van der Waals surface area contributed by atoms with Gasteiger partial charge in [0.25, 0.3) is 5.56 Å². The van der Waals surface area contributed by atoms with E-state index in [1.165, 1.54) is 17.8 Å². The minimum Gasteiger partial charge on any atom is -0.395 e. The van der Waals surface area contributed by atoms with Crippen LogP contribution in [-0.4, -0.2) is 33.0 Å². The highest BCUT2D eigenvalue weighted by Crippen LogP contribution is 2.19. The van der Waals surface area contributed by atoms with E-state index in [-0.39, 0.29) is 23.5 Å². The molecule has 6 heteroatoms. The summed E-state index contributed by atoms with van der Waals surface area (Å²) in [6, 6.07) is 1.26. The Morgan fingerprint density at radius 3 is 2.87 bits per heavy atom. The van der Waals surface area contributed by atoms with E-state index in [1.807, 2.05) is 6.92 Å². The Labute approximate surface area is 92.1 Å². The second-order valence-electron chi connectivity index (χ2n) is 3.39. The van der Waals surface area contributed by atoms with Crippen molar-refractivity contribution in [1.82, 2.24) is 9.97 Å². The zero-order valence-corrected chi connectivity index (χ0v) is 9.54. The van der Waals surface area contributed by atoms with Gasteiger partial charge in [0.15, 0.2) is 5.16 Å². The van der Waals surface area contributed by atoms with E-state index in [9.17, 15) is 4.79 Å². The Morgan fingerprint density at radius 2 is 2.40 bits per heavy atom. The van der Waals surface area contributed by atoms with Crippen LogP contribution in [0.4, 0.5) is 0 Å². The number of rotatable bonds is 4. The summed E-state index contributed by atoms with van der Waals surface area (Å²) in [6.07, 6.45) is 0. The summed E-state index contributed by atoms with van der Waals surface area (Å²) in [6.45, 7) is 3.51. The van der Waals surface area contributed by atoms with E-state index in [1.54, 1.807) is 6.92 Å². The largest absolute Gasteiger partial charge is 0.395 e. The Balaban J connectivity index is 2.83. The second kappa shape index (κ2) is 5.29. The third-order valence-electron chi connectivity index (χ3n) is 1.88. The van der Waals surface area contributed by atoms with Gasteiger partial charge in [0.1, 0.15) is 0 Å². The molecule has 0 amide bonds. The van der Waals surface area contributed by atoms with Crippen molar-refractivity contribution in [2.45, 2.75) is 30.3 Å². The average molecular weight is 229 g/mol. The first-order valence-electron chi connectivity index (χ1n) is 4.64. The molecule has 0 radical (unpaired) electrons. The third kappa shape index (κ3) is 3.65. The van der Waals surface area contributed by atoms with Crippen LogP contribution in [0, 0.1) is 6.92 Å². The molecule has 2 unspecified atom stereocenters. The van der Waals surface area contributed by atoms with Gasteiger partial charge in [-0.05, 0) is 13.8 Å². The molecule has 1 aromatic rings. The molecule has 1 heterocycles. The molecule has 0 fully saturated rings. The van der Waals surface area contributed by atoms with Crippen LogP contribution in [0.15, 0.2) is 16.0 Å². The fourth-order valence-electron chi connectivity index (χ4n) is 1.06. The van der Waals surface area contributed by atoms with Crippen molar-refractivity contribution < 1.29 is 5.11 Å². The van der Waals surface area contributed by atoms with Crippen LogP contribution in [0.25, 0.3) is 0 Å². The van der Waals surface area contributed by atoms with Crippen LogP contribution in [0.2, 0.25) is 0 Å². The summed E-state index contributed by atoms with van der Waals surface area (Å²) in [7, 11) is 0. The summed E-state index contributed by atoms with van der Waals surface area (Å²) in [5.41, 5.74) is 6.14. The number of H-pyrrole nitrogens is 1. The summed E-state index contributed by atoms with van der Waals surface area (Å²) in [4.78, 5) is 17.9. The van der Waals surface area contributed by atoms with Crippen molar-refractivity contribution in [2.24, 2.45) is 5.73 Å². The molecule has 0 spiro atoms. The van der Waals surface area contributed by atoms with Crippen molar-refractivity contribution >= 4 is 11.8 Å². The van der Waals surface area contributed by atoms with Gasteiger partial charge in [-0.3, -0.25) is 4.79 Å². The second-order valence-corrected chi connectivity index (χ2v) is 4.62. The normalized spacial score (nSPS) is 14.9. The van der Waals surface area contributed by atoms with Gasteiger partial charge in [0.05, 0.1) is 11.9 Å². The summed E-state index contributed by atoms with van der Waals surface area (Å²) in [5, 5.41) is 9.41. The van der Waals surface area contributed by atoms with Crippen LogP contribution in [-0.2, 0) is 0 Å². The highest BCUT2D eigenvalue weighted by molar-refractivity contribution is 7.99. The summed E-state index contributed by atoms with van der Waals surface area (Å²) >= 11 is 1.28. The van der Waals surface area contributed by atoms with Crippen molar-refractivity contribution in [3.63, 3.8) is 0 Å². The molecular formula is C9H15N3O2S. The lowest BCUT2D eigenvalue weighted by molar-refractivity contribution is 0.285. The first-order chi connectivity index (χ1) is 7.02. The van der Waals surface area contributed by atoms with E-state index in [0.717, 1.165) is 0 Å². The Kier molecular flexibility index (Phi) is 4.31. The SMILES string of the molecule is Cc1cc(=O)[nH]c(SC(CO)C(C)N)n1. The lowest BCUT2D eigenvalue weighted by Crippen LogP contribution is -2.32. The first-order valence-corrected chi connectivity index (χ1v) is 5.52. The van der Waals surface area contributed by atoms with Crippen molar-refractivity contribution in [2.75, 3.05) is 6.61 Å². The maximum Gasteiger partial charge on any atom is 0.251 e. The van der Waals surface area contributed by atoms with Crippen LogP contribution >= 0.6 is 11.8 Å². The van der Waals surface area contributed by atoms with Crippen molar-refractivity contribution in [3.05, 3.63) is 22.1 Å². The molecule has 84 valence electrons. The number of aromatic nitrogens is 2. The van der Waals surface area contributed by atoms with Gasteiger partial charge < -0.3 is 15.8 Å². The molecule has 0 aliphatic carbocycles. The first kappa shape index (κ1) is 12.2.